The van der Waals surface area contributed by atoms with Crippen molar-refractivity contribution in [1.29, 1.82) is 16.1 Å². The van der Waals surface area contributed by atoms with Gasteiger partial charge in [0.1, 0.15) is 17.4 Å². The van der Waals surface area contributed by atoms with Crippen LogP contribution in [0.25, 0.3) is 0 Å². The standard InChI is InChI=1S/C17H16ClN7/c1-3-13-15(21)24(10(2)20)14-9-22-17(18)23-16(14)25(13)12-6-4-11(8-19)5-7-12/h4-7,9,13,20-21H,3H2,1-2H3. The predicted octanol–water partition coefficient (Wildman–Crippen LogP) is 3.71. The number of hydrogen-bond acceptors (Lipinski definition) is 6. The number of anilines is 3. The van der Waals surface area contributed by atoms with Gasteiger partial charge in [-0.1, -0.05) is 6.92 Å². The van der Waals surface area contributed by atoms with E-state index in [9.17, 15) is 0 Å². The van der Waals surface area contributed by atoms with Gasteiger partial charge < -0.3 is 4.90 Å². The normalized spacial score (nSPS) is 16.4. The van der Waals surface area contributed by atoms with Crippen LogP contribution in [-0.2, 0) is 0 Å². The zero-order valence-corrected chi connectivity index (χ0v) is 14.5. The van der Waals surface area contributed by atoms with Gasteiger partial charge >= 0.3 is 0 Å². The minimum absolute atomic E-state index is 0.100. The summed E-state index contributed by atoms with van der Waals surface area (Å²) in [7, 11) is 0. The minimum atomic E-state index is -0.313. The van der Waals surface area contributed by atoms with Crippen LogP contribution < -0.4 is 9.80 Å². The lowest BCUT2D eigenvalue weighted by Gasteiger charge is -2.42. The Hall–Kier alpha value is -2.98. The number of nitrogens with one attached hydrogen (secondary N) is 2. The number of halogens is 1. The monoisotopic (exact) mass is 353 g/mol. The molecule has 25 heavy (non-hydrogen) atoms. The molecule has 1 aliphatic rings. The van der Waals surface area contributed by atoms with Crippen LogP contribution in [0.1, 0.15) is 25.8 Å². The molecule has 8 heteroatoms. The van der Waals surface area contributed by atoms with Crippen molar-refractivity contribution in [3.05, 3.63) is 41.3 Å². The summed E-state index contributed by atoms with van der Waals surface area (Å²) in [6.07, 6.45) is 2.17. The average Bonchev–Trinajstić information content (AvgIpc) is 2.60. The quantitative estimate of drug-likeness (QED) is 0.486. The Bertz CT molecular complexity index is 885. The Kier molecular flexibility index (Phi) is 4.38. The number of rotatable bonds is 2. The zero-order chi connectivity index (χ0) is 18.1. The van der Waals surface area contributed by atoms with Crippen LogP contribution >= 0.6 is 11.6 Å². The molecule has 7 nitrogen and oxygen atoms in total. The summed E-state index contributed by atoms with van der Waals surface area (Å²) in [6, 6.07) is 8.87. The zero-order valence-electron chi connectivity index (χ0n) is 13.8. The molecule has 0 radical (unpaired) electrons. The van der Waals surface area contributed by atoms with Gasteiger partial charge in [-0.15, -0.1) is 0 Å². The Morgan fingerprint density at radius 2 is 2.04 bits per heavy atom. The van der Waals surface area contributed by atoms with Crippen molar-refractivity contribution < 1.29 is 0 Å². The van der Waals surface area contributed by atoms with Gasteiger partial charge in [-0.25, -0.2) is 4.98 Å². The molecule has 1 aromatic carbocycles. The van der Waals surface area contributed by atoms with Crippen molar-refractivity contribution in [2.24, 2.45) is 0 Å². The Morgan fingerprint density at radius 1 is 1.36 bits per heavy atom. The van der Waals surface area contributed by atoms with Gasteiger partial charge in [0.2, 0.25) is 5.28 Å². The maximum atomic E-state index is 9.00. The lowest BCUT2D eigenvalue weighted by Crippen LogP contribution is -2.53. The van der Waals surface area contributed by atoms with Crippen molar-refractivity contribution >= 4 is 40.5 Å². The second-order valence-corrected chi connectivity index (χ2v) is 5.94. The molecular formula is C17H16ClN7. The van der Waals surface area contributed by atoms with E-state index in [1.165, 1.54) is 11.1 Å². The number of nitrogens with zero attached hydrogens (tertiary/aromatic N) is 5. The Labute approximate surface area is 150 Å². The van der Waals surface area contributed by atoms with Crippen LogP contribution in [0.3, 0.4) is 0 Å². The van der Waals surface area contributed by atoms with E-state index in [1.807, 2.05) is 24.0 Å². The summed E-state index contributed by atoms with van der Waals surface area (Å²) < 4.78 is 0. The number of aromatic nitrogens is 2. The minimum Gasteiger partial charge on any atom is -0.314 e. The van der Waals surface area contributed by atoms with Crippen molar-refractivity contribution in [3.63, 3.8) is 0 Å². The first-order chi connectivity index (χ1) is 12.0. The Morgan fingerprint density at radius 3 is 2.60 bits per heavy atom. The first-order valence-electron chi connectivity index (χ1n) is 7.73. The number of amidine groups is 2. The van der Waals surface area contributed by atoms with E-state index in [1.54, 1.807) is 19.1 Å². The van der Waals surface area contributed by atoms with Gasteiger partial charge in [0.15, 0.2) is 5.82 Å². The van der Waals surface area contributed by atoms with Crippen molar-refractivity contribution in [2.75, 3.05) is 9.80 Å². The fourth-order valence-corrected chi connectivity index (χ4v) is 3.09. The van der Waals surface area contributed by atoms with Gasteiger partial charge in [-0.3, -0.25) is 15.7 Å². The SMILES string of the molecule is CCC1C(=N)N(C(C)=N)c2cnc(Cl)nc2N1c1ccc(C#N)cc1. The molecule has 2 heterocycles. The average molecular weight is 354 g/mol. The highest BCUT2D eigenvalue weighted by atomic mass is 35.5. The van der Waals surface area contributed by atoms with E-state index < -0.39 is 0 Å². The molecule has 3 rings (SSSR count). The lowest BCUT2D eigenvalue weighted by molar-refractivity contribution is 0.747. The highest BCUT2D eigenvalue weighted by Crippen LogP contribution is 2.40. The number of hydrogen-bond donors (Lipinski definition) is 2. The molecule has 0 saturated carbocycles. The largest absolute Gasteiger partial charge is 0.314 e. The number of benzene rings is 1. The molecule has 0 saturated heterocycles. The molecule has 2 N–H and O–H groups in total. The van der Waals surface area contributed by atoms with E-state index >= 15 is 0 Å². The first-order valence-corrected chi connectivity index (χ1v) is 8.11. The summed E-state index contributed by atoms with van der Waals surface area (Å²) in [5.74, 6) is 1.03. The third kappa shape index (κ3) is 2.81. The van der Waals surface area contributed by atoms with Crippen molar-refractivity contribution in [2.45, 2.75) is 26.3 Å². The maximum Gasteiger partial charge on any atom is 0.224 e. The van der Waals surface area contributed by atoms with E-state index in [4.69, 9.17) is 27.7 Å². The Balaban J connectivity index is 2.23. The summed E-state index contributed by atoms with van der Waals surface area (Å²) in [4.78, 5) is 11.8. The van der Waals surface area contributed by atoms with Crippen LogP contribution in [0, 0.1) is 22.1 Å². The molecular weight excluding hydrogens is 338 g/mol. The maximum absolute atomic E-state index is 9.00. The summed E-state index contributed by atoms with van der Waals surface area (Å²) >= 11 is 6.01. The van der Waals surface area contributed by atoms with Crippen LogP contribution in [0.15, 0.2) is 30.5 Å². The van der Waals surface area contributed by atoms with Gasteiger partial charge in [-0.2, -0.15) is 10.2 Å². The second-order valence-electron chi connectivity index (χ2n) is 5.61. The molecule has 0 amide bonds. The fraction of sp³-hybridized carbons (Fsp3) is 0.235. The highest BCUT2D eigenvalue weighted by molar-refractivity contribution is 6.29. The number of fused-ring (bicyclic) bond motifs is 1. The molecule has 0 fully saturated rings. The first kappa shape index (κ1) is 16.9. The van der Waals surface area contributed by atoms with Gasteiger partial charge in [0.25, 0.3) is 0 Å². The molecule has 1 atom stereocenters. The molecule has 0 aliphatic carbocycles. The molecule has 0 bridgehead atoms. The predicted molar refractivity (Wildman–Crippen MR) is 98.0 cm³/mol. The van der Waals surface area contributed by atoms with Crippen molar-refractivity contribution in [1.82, 2.24) is 9.97 Å². The van der Waals surface area contributed by atoms with E-state index in [0.717, 1.165) is 5.69 Å². The topological polar surface area (TPSA) is 104 Å². The smallest absolute Gasteiger partial charge is 0.224 e. The number of nitriles is 1. The van der Waals surface area contributed by atoms with Gasteiger partial charge in [-0.05, 0) is 49.2 Å². The van der Waals surface area contributed by atoms with E-state index in [0.29, 0.717) is 23.5 Å². The summed E-state index contributed by atoms with van der Waals surface area (Å²) in [5.41, 5.74) is 1.90. The third-order valence-corrected chi connectivity index (χ3v) is 4.24. The molecule has 1 aromatic heterocycles. The summed E-state index contributed by atoms with van der Waals surface area (Å²) in [5, 5.41) is 25.7. The van der Waals surface area contributed by atoms with Crippen molar-refractivity contribution in [3.8, 4) is 6.07 Å². The molecule has 126 valence electrons. The highest BCUT2D eigenvalue weighted by Gasteiger charge is 2.38. The third-order valence-electron chi connectivity index (χ3n) is 4.05. The molecule has 2 aromatic rings. The van der Waals surface area contributed by atoms with Gasteiger partial charge in [0, 0.05) is 5.69 Å². The van der Waals surface area contributed by atoms with E-state index in [-0.39, 0.29) is 23.0 Å². The summed E-state index contributed by atoms with van der Waals surface area (Å²) in [6.45, 7) is 3.60. The fourth-order valence-electron chi connectivity index (χ4n) is 2.97. The second kappa shape index (κ2) is 6.49. The molecule has 0 spiro atoms. The van der Waals surface area contributed by atoms with Crippen LogP contribution in [0.2, 0.25) is 5.28 Å². The van der Waals surface area contributed by atoms with E-state index in [2.05, 4.69) is 16.0 Å². The molecule has 1 aliphatic heterocycles. The molecule has 1 unspecified atom stereocenters. The van der Waals surface area contributed by atoms with Crippen LogP contribution in [0.4, 0.5) is 17.2 Å². The van der Waals surface area contributed by atoms with Crippen LogP contribution in [-0.4, -0.2) is 27.7 Å². The lowest BCUT2D eigenvalue weighted by atomic mass is 10.0. The van der Waals surface area contributed by atoms with Gasteiger partial charge in [0.05, 0.1) is 23.9 Å². The van der Waals surface area contributed by atoms with Crippen LogP contribution in [0.5, 0.6) is 0 Å².